The fourth-order valence-corrected chi connectivity index (χ4v) is 2.27. The normalized spacial score (nSPS) is 21.3. The second-order valence-corrected chi connectivity index (χ2v) is 4.33. The summed E-state index contributed by atoms with van der Waals surface area (Å²) in [6, 6.07) is 9.27. The monoisotopic (exact) mass is 206 g/mol. The number of hydrogen-bond donors (Lipinski definition) is 1. The van der Waals surface area contributed by atoms with E-state index in [0.29, 0.717) is 0 Å². The van der Waals surface area contributed by atoms with Crippen molar-refractivity contribution in [2.75, 3.05) is 13.7 Å². The number of quaternary nitrogens is 1. The Morgan fingerprint density at radius 3 is 2.67 bits per heavy atom. The van der Waals surface area contributed by atoms with Crippen LogP contribution in [0.4, 0.5) is 0 Å². The number of rotatable bonds is 3. The van der Waals surface area contributed by atoms with Crippen LogP contribution in [0.25, 0.3) is 0 Å². The van der Waals surface area contributed by atoms with E-state index in [4.69, 9.17) is 4.74 Å². The van der Waals surface area contributed by atoms with E-state index in [1.54, 1.807) is 7.11 Å². The highest BCUT2D eigenvalue weighted by Crippen LogP contribution is 2.14. The summed E-state index contributed by atoms with van der Waals surface area (Å²) < 4.78 is 5.15. The van der Waals surface area contributed by atoms with Gasteiger partial charge in [0.1, 0.15) is 5.75 Å². The zero-order valence-electron chi connectivity index (χ0n) is 9.41. The summed E-state index contributed by atoms with van der Waals surface area (Å²) in [7, 11) is 1.71. The van der Waals surface area contributed by atoms with E-state index in [1.165, 1.54) is 37.8 Å². The molecule has 1 aliphatic heterocycles. The van der Waals surface area contributed by atoms with Crippen LogP contribution in [0.15, 0.2) is 24.3 Å². The van der Waals surface area contributed by atoms with Gasteiger partial charge >= 0.3 is 0 Å². The third-order valence-electron chi connectivity index (χ3n) is 3.19. The molecule has 2 heteroatoms. The van der Waals surface area contributed by atoms with Crippen molar-refractivity contribution in [1.82, 2.24) is 0 Å². The summed E-state index contributed by atoms with van der Waals surface area (Å²) in [5.41, 5.74) is 1.43. The lowest BCUT2D eigenvalue weighted by atomic mass is 9.98. The van der Waals surface area contributed by atoms with E-state index in [2.05, 4.69) is 29.6 Å². The molecule has 2 nitrogen and oxygen atoms in total. The van der Waals surface area contributed by atoms with Crippen molar-refractivity contribution in [3.8, 4) is 5.75 Å². The van der Waals surface area contributed by atoms with Gasteiger partial charge in [-0.1, -0.05) is 12.1 Å². The Hall–Kier alpha value is -1.02. The molecular weight excluding hydrogens is 186 g/mol. The van der Waals surface area contributed by atoms with Gasteiger partial charge in [0.15, 0.2) is 0 Å². The number of methoxy groups -OCH3 is 1. The van der Waals surface area contributed by atoms with Gasteiger partial charge in [0.25, 0.3) is 0 Å². The maximum absolute atomic E-state index is 5.15. The van der Waals surface area contributed by atoms with Crippen molar-refractivity contribution in [3.63, 3.8) is 0 Å². The maximum atomic E-state index is 5.15. The highest BCUT2D eigenvalue weighted by Gasteiger charge is 2.16. The predicted octanol–water partition coefficient (Wildman–Crippen LogP) is 1.35. The number of hydrogen-bond acceptors (Lipinski definition) is 1. The molecule has 0 bridgehead atoms. The average Bonchev–Trinajstić information content (AvgIpc) is 2.31. The van der Waals surface area contributed by atoms with Crippen molar-refractivity contribution < 1.29 is 10.1 Å². The number of nitrogens with two attached hydrogens (primary N) is 1. The van der Waals surface area contributed by atoms with E-state index in [-0.39, 0.29) is 0 Å². The molecule has 2 N–H and O–H groups in total. The first-order chi connectivity index (χ1) is 7.38. The SMILES string of the molecule is COc1ccc(C[C@H]2CCCC[NH2+]2)cc1. The Morgan fingerprint density at radius 1 is 1.27 bits per heavy atom. The van der Waals surface area contributed by atoms with Crippen LogP contribution in [0.2, 0.25) is 0 Å². The van der Waals surface area contributed by atoms with Gasteiger partial charge in [0, 0.05) is 6.42 Å². The second kappa shape index (κ2) is 5.17. The Morgan fingerprint density at radius 2 is 2.07 bits per heavy atom. The molecule has 1 aliphatic rings. The van der Waals surface area contributed by atoms with Crippen molar-refractivity contribution in [1.29, 1.82) is 0 Å². The first-order valence-electron chi connectivity index (χ1n) is 5.85. The van der Waals surface area contributed by atoms with Gasteiger partial charge in [-0.2, -0.15) is 0 Å². The lowest BCUT2D eigenvalue weighted by Gasteiger charge is -2.20. The van der Waals surface area contributed by atoms with Crippen molar-refractivity contribution >= 4 is 0 Å². The van der Waals surface area contributed by atoms with Gasteiger partial charge in [0.2, 0.25) is 0 Å². The van der Waals surface area contributed by atoms with Crippen molar-refractivity contribution in [2.24, 2.45) is 0 Å². The Labute approximate surface area is 91.6 Å². The fraction of sp³-hybridized carbons (Fsp3) is 0.538. The maximum Gasteiger partial charge on any atom is 0.118 e. The van der Waals surface area contributed by atoms with Crippen LogP contribution in [0.1, 0.15) is 24.8 Å². The van der Waals surface area contributed by atoms with Crippen LogP contribution in [-0.2, 0) is 6.42 Å². The molecule has 1 fully saturated rings. The van der Waals surface area contributed by atoms with Gasteiger partial charge in [0.05, 0.1) is 19.7 Å². The van der Waals surface area contributed by atoms with E-state index in [9.17, 15) is 0 Å². The zero-order chi connectivity index (χ0) is 10.5. The molecule has 0 radical (unpaired) electrons. The standard InChI is InChI=1S/C13H19NO/c1-15-13-7-5-11(6-8-13)10-12-4-2-3-9-14-12/h5-8,12,14H,2-4,9-10H2,1H3/p+1/t12-/m1/s1. The van der Waals surface area contributed by atoms with Crippen LogP contribution < -0.4 is 10.1 Å². The zero-order valence-corrected chi connectivity index (χ0v) is 9.41. The molecule has 0 saturated carbocycles. The quantitative estimate of drug-likeness (QED) is 0.794. The Kier molecular flexibility index (Phi) is 3.62. The van der Waals surface area contributed by atoms with Crippen molar-refractivity contribution in [2.45, 2.75) is 31.7 Å². The average molecular weight is 206 g/mol. The molecule has 1 atom stereocenters. The van der Waals surface area contributed by atoms with Gasteiger partial charge in [-0.05, 0) is 37.0 Å². The Balaban J connectivity index is 1.91. The first-order valence-corrected chi connectivity index (χ1v) is 5.85. The fourth-order valence-electron chi connectivity index (χ4n) is 2.27. The molecule has 1 aromatic carbocycles. The molecule has 82 valence electrons. The highest BCUT2D eigenvalue weighted by atomic mass is 16.5. The molecular formula is C13H20NO+. The largest absolute Gasteiger partial charge is 0.497 e. The molecule has 0 aliphatic carbocycles. The van der Waals surface area contributed by atoms with Gasteiger partial charge in [-0.25, -0.2) is 0 Å². The summed E-state index contributed by atoms with van der Waals surface area (Å²) in [4.78, 5) is 0. The summed E-state index contributed by atoms with van der Waals surface area (Å²) in [6.07, 6.45) is 5.35. The summed E-state index contributed by atoms with van der Waals surface area (Å²) in [5.74, 6) is 0.950. The predicted molar refractivity (Wildman–Crippen MR) is 61.1 cm³/mol. The van der Waals surface area contributed by atoms with Crippen LogP contribution in [0.3, 0.4) is 0 Å². The molecule has 1 aromatic rings. The van der Waals surface area contributed by atoms with Crippen molar-refractivity contribution in [3.05, 3.63) is 29.8 Å². The first kappa shape index (κ1) is 10.5. The number of benzene rings is 1. The molecule has 0 spiro atoms. The second-order valence-electron chi connectivity index (χ2n) is 4.33. The minimum Gasteiger partial charge on any atom is -0.497 e. The summed E-state index contributed by atoms with van der Waals surface area (Å²) >= 11 is 0. The van der Waals surface area contributed by atoms with E-state index in [0.717, 1.165) is 11.8 Å². The smallest absolute Gasteiger partial charge is 0.118 e. The Bertz CT molecular complexity index is 288. The molecule has 1 saturated heterocycles. The lowest BCUT2D eigenvalue weighted by Crippen LogP contribution is -2.91. The number of piperidine rings is 1. The molecule has 0 unspecified atom stereocenters. The lowest BCUT2D eigenvalue weighted by molar-refractivity contribution is -0.697. The third-order valence-corrected chi connectivity index (χ3v) is 3.19. The molecule has 1 heterocycles. The third kappa shape index (κ3) is 2.96. The molecule has 15 heavy (non-hydrogen) atoms. The summed E-state index contributed by atoms with van der Waals surface area (Å²) in [6.45, 7) is 1.31. The summed E-state index contributed by atoms with van der Waals surface area (Å²) in [5, 5.41) is 2.49. The minimum atomic E-state index is 0.798. The van der Waals surface area contributed by atoms with E-state index in [1.807, 2.05) is 0 Å². The molecule has 0 amide bonds. The van der Waals surface area contributed by atoms with Gasteiger partial charge in [-0.3, -0.25) is 0 Å². The van der Waals surface area contributed by atoms with Crippen LogP contribution in [0, 0.1) is 0 Å². The highest BCUT2D eigenvalue weighted by molar-refractivity contribution is 5.27. The van der Waals surface area contributed by atoms with Gasteiger partial charge < -0.3 is 10.1 Å². The van der Waals surface area contributed by atoms with Crippen LogP contribution >= 0.6 is 0 Å². The topological polar surface area (TPSA) is 25.8 Å². The number of ether oxygens (including phenoxy) is 1. The van der Waals surface area contributed by atoms with Crippen LogP contribution in [0.5, 0.6) is 5.75 Å². The van der Waals surface area contributed by atoms with Gasteiger partial charge in [-0.15, -0.1) is 0 Å². The molecule has 2 rings (SSSR count). The van der Waals surface area contributed by atoms with E-state index < -0.39 is 0 Å². The minimum absolute atomic E-state index is 0.798. The van der Waals surface area contributed by atoms with Crippen LogP contribution in [-0.4, -0.2) is 19.7 Å². The van der Waals surface area contributed by atoms with E-state index >= 15 is 0 Å². The molecule has 0 aromatic heterocycles.